The minimum atomic E-state index is -3.74. The maximum atomic E-state index is 13.3. The largest absolute Gasteiger partial charge is 0.340 e. The van der Waals surface area contributed by atoms with Crippen molar-refractivity contribution in [2.24, 2.45) is 0 Å². The normalized spacial score (nSPS) is 14.8. The number of H-pyrrole nitrogens is 1. The first kappa shape index (κ1) is 20.9. The fraction of sp³-hybridized carbons (Fsp3) is 0.286. The summed E-state index contributed by atoms with van der Waals surface area (Å²) in [7, 11) is -3.74. The van der Waals surface area contributed by atoms with Crippen molar-refractivity contribution in [2.75, 3.05) is 25.0 Å². The highest BCUT2D eigenvalue weighted by Gasteiger charge is 2.33. The number of hydrogen-bond donors (Lipinski definition) is 3. The summed E-state index contributed by atoms with van der Waals surface area (Å²) < 4.78 is 28.9. The van der Waals surface area contributed by atoms with Gasteiger partial charge in [-0.15, -0.1) is 0 Å². The number of hydrogen-bond acceptors (Lipinski definition) is 3. The molecule has 158 valence electrons. The lowest BCUT2D eigenvalue weighted by atomic mass is 10.1. The number of rotatable bonds is 6. The highest BCUT2D eigenvalue weighted by Crippen LogP contribution is 2.35. The third-order valence-corrected chi connectivity index (χ3v) is 7.63. The fourth-order valence-electron chi connectivity index (χ4n) is 3.68. The Hall–Kier alpha value is -2.36. The summed E-state index contributed by atoms with van der Waals surface area (Å²) in [5, 5.41) is 6.06. The first-order valence-electron chi connectivity index (χ1n) is 9.85. The molecule has 0 aliphatic carbocycles. The molecular weight excluding hydrogens is 468 g/mol. The van der Waals surface area contributed by atoms with Gasteiger partial charge in [-0.1, -0.05) is 46.3 Å². The number of amides is 2. The van der Waals surface area contributed by atoms with Crippen LogP contribution in [0.2, 0.25) is 0 Å². The zero-order valence-electron chi connectivity index (χ0n) is 16.3. The highest BCUT2D eigenvalue weighted by molar-refractivity contribution is 9.10. The number of anilines is 1. The van der Waals surface area contributed by atoms with Gasteiger partial charge in [0.1, 0.15) is 10.7 Å². The van der Waals surface area contributed by atoms with Crippen molar-refractivity contribution < 1.29 is 13.2 Å². The Morgan fingerprint density at radius 1 is 1.10 bits per heavy atom. The van der Waals surface area contributed by atoms with Gasteiger partial charge in [0.2, 0.25) is 10.0 Å². The number of halogens is 1. The maximum Gasteiger partial charge on any atom is 0.320 e. The SMILES string of the molecule is O=C(NCCc1ccccc1)Nc1[nH]c2ccc(Br)cc2c1S(=O)(=O)N1CCCC1. The van der Waals surface area contributed by atoms with Crippen molar-refractivity contribution in [1.82, 2.24) is 14.6 Å². The molecule has 1 aromatic heterocycles. The number of aromatic amines is 1. The molecule has 0 radical (unpaired) electrons. The van der Waals surface area contributed by atoms with Gasteiger partial charge in [0.25, 0.3) is 0 Å². The van der Waals surface area contributed by atoms with Crippen LogP contribution in [0.5, 0.6) is 0 Å². The molecule has 1 saturated heterocycles. The third-order valence-electron chi connectivity index (χ3n) is 5.16. The lowest BCUT2D eigenvalue weighted by molar-refractivity contribution is 0.252. The lowest BCUT2D eigenvalue weighted by Gasteiger charge is -2.16. The number of nitrogens with zero attached hydrogens (tertiary/aromatic N) is 1. The van der Waals surface area contributed by atoms with Crippen molar-refractivity contribution in [3.8, 4) is 0 Å². The zero-order chi connectivity index (χ0) is 21.1. The van der Waals surface area contributed by atoms with E-state index < -0.39 is 16.1 Å². The van der Waals surface area contributed by atoms with Gasteiger partial charge in [-0.25, -0.2) is 13.2 Å². The number of fused-ring (bicyclic) bond motifs is 1. The number of benzene rings is 2. The number of nitrogens with one attached hydrogen (secondary N) is 3. The number of carbonyl (C=O) groups excluding carboxylic acids is 1. The average molecular weight is 491 g/mol. The fourth-order valence-corrected chi connectivity index (χ4v) is 5.84. The molecule has 4 rings (SSSR count). The summed E-state index contributed by atoms with van der Waals surface area (Å²) in [6.07, 6.45) is 2.37. The van der Waals surface area contributed by atoms with E-state index in [4.69, 9.17) is 0 Å². The van der Waals surface area contributed by atoms with Crippen LogP contribution >= 0.6 is 15.9 Å². The second-order valence-corrected chi connectivity index (χ2v) is 10.0. The van der Waals surface area contributed by atoms with Crippen molar-refractivity contribution in [1.29, 1.82) is 0 Å². The Morgan fingerprint density at radius 3 is 2.57 bits per heavy atom. The van der Waals surface area contributed by atoms with E-state index in [0.29, 0.717) is 37.0 Å². The molecule has 0 spiro atoms. The molecule has 30 heavy (non-hydrogen) atoms. The molecule has 0 unspecified atom stereocenters. The van der Waals surface area contributed by atoms with Crippen molar-refractivity contribution in [3.05, 3.63) is 58.6 Å². The Kier molecular flexibility index (Phi) is 6.12. The molecule has 7 nitrogen and oxygen atoms in total. The molecule has 9 heteroatoms. The monoisotopic (exact) mass is 490 g/mol. The molecule has 0 bridgehead atoms. The van der Waals surface area contributed by atoms with E-state index in [1.165, 1.54) is 4.31 Å². The van der Waals surface area contributed by atoms with Crippen molar-refractivity contribution in [2.45, 2.75) is 24.2 Å². The number of aromatic nitrogens is 1. The number of sulfonamides is 1. The minimum absolute atomic E-state index is 0.110. The lowest BCUT2D eigenvalue weighted by Crippen LogP contribution is -2.32. The molecule has 1 fully saturated rings. The quantitative estimate of drug-likeness (QED) is 0.485. The van der Waals surface area contributed by atoms with Crippen LogP contribution in [0.1, 0.15) is 18.4 Å². The number of urea groups is 1. The van der Waals surface area contributed by atoms with Gasteiger partial charge >= 0.3 is 6.03 Å². The Balaban J connectivity index is 1.58. The average Bonchev–Trinajstić information content (AvgIpc) is 3.37. The van der Waals surface area contributed by atoms with E-state index in [1.807, 2.05) is 36.4 Å². The van der Waals surface area contributed by atoms with E-state index >= 15 is 0 Å². The summed E-state index contributed by atoms with van der Waals surface area (Å²) in [4.78, 5) is 15.7. The van der Waals surface area contributed by atoms with Crippen LogP contribution in [0, 0.1) is 0 Å². The zero-order valence-corrected chi connectivity index (χ0v) is 18.7. The van der Waals surface area contributed by atoms with Crippen LogP contribution in [-0.4, -0.2) is 43.4 Å². The van der Waals surface area contributed by atoms with Gasteiger partial charge in [-0.05, 0) is 43.0 Å². The third kappa shape index (κ3) is 4.38. The van der Waals surface area contributed by atoms with Gasteiger partial charge in [0.05, 0.1) is 0 Å². The van der Waals surface area contributed by atoms with E-state index in [0.717, 1.165) is 22.9 Å². The molecule has 3 N–H and O–H groups in total. The van der Waals surface area contributed by atoms with E-state index in [2.05, 4.69) is 31.5 Å². The van der Waals surface area contributed by atoms with E-state index in [-0.39, 0.29) is 10.7 Å². The minimum Gasteiger partial charge on any atom is -0.340 e. The van der Waals surface area contributed by atoms with Crippen molar-refractivity contribution in [3.63, 3.8) is 0 Å². The van der Waals surface area contributed by atoms with Crippen LogP contribution in [0.25, 0.3) is 10.9 Å². The van der Waals surface area contributed by atoms with Crippen LogP contribution in [-0.2, 0) is 16.4 Å². The first-order valence-corrected chi connectivity index (χ1v) is 12.1. The molecule has 1 aliphatic rings. The Labute approximate surface area is 184 Å². The Bertz CT molecular complexity index is 1160. The smallest absolute Gasteiger partial charge is 0.320 e. The molecular formula is C21H23BrN4O3S. The second-order valence-electron chi connectivity index (χ2n) is 7.25. The molecule has 1 aliphatic heterocycles. The van der Waals surface area contributed by atoms with Gasteiger partial charge in [0, 0.05) is 35.0 Å². The molecule has 2 heterocycles. The summed E-state index contributed by atoms with van der Waals surface area (Å²) in [5.74, 6) is 0.187. The number of carbonyl (C=O) groups is 1. The van der Waals surface area contributed by atoms with E-state index in [9.17, 15) is 13.2 Å². The molecule has 0 atom stereocenters. The van der Waals surface area contributed by atoms with Crippen LogP contribution in [0.4, 0.5) is 10.6 Å². The van der Waals surface area contributed by atoms with Gasteiger partial charge in [-0.2, -0.15) is 4.31 Å². The predicted octanol–water partition coefficient (Wildman–Crippen LogP) is 4.08. The summed E-state index contributed by atoms with van der Waals surface area (Å²) >= 11 is 3.41. The van der Waals surface area contributed by atoms with E-state index in [1.54, 1.807) is 12.1 Å². The van der Waals surface area contributed by atoms with Crippen LogP contribution in [0.15, 0.2) is 57.9 Å². The van der Waals surface area contributed by atoms with Crippen LogP contribution in [0.3, 0.4) is 0 Å². The summed E-state index contributed by atoms with van der Waals surface area (Å²) in [6.45, 7) is 1.42. The molecule has 2 aromatic carbocycles. The summed E-state index contributed by atoms with van der Waals surface area (Å²) in [6, 6.07) is 14.8. The van der Waals surface area contributed by atoms with Gasteiger partial charge in [-0.3, -0.25) is 5.32 Å². The molecule has 2 amide bonds. The second kappa shape index (κ2) is 8.79. The van der Waals surface area contributed by atoms with Crippen molar-refractivity contribution >= 4 is 48.7 Å². The van der Waals surface area contributed by atoms with Crippen LogP contribution < -0.4 is 10.6 Å². The first-order chi connectivity index (χ1) is 14.4. The summed E-state index contributed by atoms with van der Waals surface area (Å²) in [5.41, 5.74) is 1.76. The predicted molar refractivity (Wildman–Crippen MR) is 121 cm³/mol. The standard InChI is InChI=1S/C21H23BrN4O3S/c22-16-8-9-18-17(14-16)19(30(28,29)26-12-4-5-13-26)20(24-18)25-21(27)23-11-10-15-6-2-1-3-7-15/h1-3,6-9,14,24H,4-5,10-13H2,(H2,23,25,27). The molecule has 0 saturated carbocycles. The molecule has 3 aromatic rings. The maximum absolute atomic E-state index is 13.3. The topological polar surface area (TPSA) is 94.3 Å². The van der Waals surface area contributed by atoms with Gasteiger partial charge < -0.3 is 10.3 Å². The Morgan fingerprint density at radius 2 is 1.83 bits per heavy atom. The van der Waals surface area contributed by atoms with Gasteiger partial charge in [0.15, 0.2) is 0 Å². The highest BCUT2D eigenvalue weighted by atomic mass is 79.9.